The Kier molecular flexibility index (Phi) is 7.09. The summed E-state index contributed by atoms with van der Waals surface area (Å²) >= 11 is 0. The van der Waals surface area contributed by atoms with Crippen LogP contribution < -0.4 is 5.32 Å². The number of benzene rings is 1. The summed E-state index contributed by atoms with van der Waals surface area (Å²) in [5.41, 5.74) is 0.941. The molecule has 0 radical (unpaired) electrons. The van der Waals surface area contributed by atoms with Gasteiger partial charge in [0.05, 0.1) is 0 Å². The Bertz CT molecular complexity index is 437. The molecule has 1 aliphatic rings. The van der Waals surface area contributed by atoms with Crippen molar-refractivity contribution in [3.8, 4) is 0 Å². The van der Waals surface area contributed by atoms with Crippen LogP contribution in [-0.2, 0) is 20.7 Å². The van der Waals surface area contributed by atoms with Crippen molar-refractivity contribution in [2.45, 2.75) is 39.2 Å². The van der Waals surface area contributed by atoms with E-state index in [4.69, 9.17) is 0 Å². The molecule has 0 saturated carbocycles. The highest BCUT2D eigenvalue weighted by Gasteiger charge is 2.21. The molecule has 1 aromatic carbocycles. The smallest absolute Gasteiger partial charge is 0.293 e. The second-order valence-corrected chi connectivity index (χ2v) is 6.13. The minimum atomic E-state index is -0.318. The van der Waals surface area contributed by atoms with Crippen LogP contribution in [0.15, 0.2) is 30.3 Å². The van der Waals surface area contributed by atoms with Crippen molar-refractivity contribution in [1.82, 2.24) is 5.32 Å². The van der Waals surface area contributed by atoms with Gasteiger partial charge in [-0.2, -0.15) is 0 Å². The first-order valence-electron chi connectivity index (χ1n) is 7.31. The van der Waals surface area contributed by atoms with E-state index in [9.17, 15) is 9.59 Å². The van der Waals surface area contributed by atoms with Crippen molar-refractivity contribution >= 4 is 12.3 Å². The number of hydrogen-bond donors (Lipinski definition) is 1. The SMILES string of the molecule is CC(C)(C)OC=O.O=C1CCNCC1Cc1ccccc1. The molecule has 1 aromatic rings. The van der Waals surface area contributed by atoms with Gasteiger partial charge in [-0.1, -0.05) is 30.3 Å². The average molecular weight is 291 g/mol. The van der Waals surface area contributed by atoms with Crippen molar-refractivity contribution in [2.24, 2.45) is 5.92 Å². The van der Waals surface area contributed by atoms with E-state index >= 15 is 0 Å². The molecule has 0 bridgehead atoms. The van der Waals surface area contributed by atoms with Crippen LogP contribution >= 0.6 is 0 Å². The quantitative estimate of drug-likeness (QED) is 0.869. The Hall–Kier alpha value is -1.68. The Morgan fingerprint density at radius 3 is 2.43 bits per heavy atom. The first-order chi connectivity index (χ1) is 9.92. The average Bonchev–Trinajstić information content (AvgIpc) is 2.42. The van der Waals surface area contributed by atoms with Gasteiger partial charge in [0.25, 0.3) is 6.47 Å². The number of Topliss-reactive ketones (excluding diaryl/α,β-unsaturated/α-hetero) is 1. The lowest BCUT2D eigenvalue weighted by Crippen LogP contribution is -2.37. The van der Waals surface area contributed by atoms with Gasteiger partial charge in [0, 0.05) is 25.4 Å². The van der Waals surface area contributed by atoms with Gasteiger partial charge in [-0.15, -0.1) is 0 Å². The lowest BCUT2D eigenvalue weighted by atomic mass is 9.91. The molecule has 0 amide bonds. The third-order valence-electron chi connectivity index (χ3n) is 3.12. The molecule has 1 saturated heterocycles. The number of nitrogens with one attached hydrogen (secondary N) is 1. The number of piperidine rings is 1. The van der Waals surface area contributed by atoms with Gasteiger partial charge in [-0.3, -0.25) is 9.59 Å². The van der Waals surface area contributed by atoms with Gasteiger partial charge < -0.3 is 10.1 Å². The Morgan fingerprint density at radius 1 is 1.29 bits per heavy atom. The van der Waals surface area contributed by atoms with Crippen LogP contribution in [0.2, 0.25) is 0 Å². The fourth-order valence-corrected chi connectivity index (χ4v) is 2.03. The molecular formula is C17H25NO3. The molecule has 116 valence electrons. The molecule has 1 fully saturated rings. The molecular weight excluding hydrogens is 266 g/mol. The molecule has 1 aliphatic heterocycles. The zero-order valence-electron chi connectivity index (χ0n) is 13.1. The van der Waals surface area contributed by atoms with E-state index in [0.29, 0.717) is 18.7 Å². The number of carbonyl (C=O) groups is 2. The topological polar surface area (TPSA) is 55.4 Å². The highest BCUT2D eigenvalue weighted by molar-refractivity contribution is 5.82. The van der Waals surface area contributed by atoms with Gasteiger partial charge in [-0.05, 0) is 32.8 Å². The van der Waals surface area contributed by atoms with Crippen LogP contribution in [0.25, 0.3) is 0 Å². The van der Waals surface area contributed by atoms with Gasteiger partial charge in [0.1, 0.15) is 11.4 Å². The van der Waals surface area contributed by atoms with E-state index < -0.39 is 0 Å². The van der Waals surface area contributed by atoms with Crippen LogP contribution in [0, 0.1) is 5.92 Å². The molecule has 1 unspecified atom stereocenters. The lowest BCUT2D eigenvalue weighted by Gasteiger charge is -2.21. The van der Waals surface area contributed by atoms with Crippen LogP contribution in [0.5, 0.6) is 0 Å². The van der Waals surface area contributed by atoms with Gasteiger partial charge in [-0.25, -0.2) is 0 Å². The Morgan fingerprint density at radius 2 is 1.95 bits per heavy atom. The lowest BCUT2D eigenvalue weighted by molar-refractivity contribution is -0.138. The van der Waals surface area contributed by atoms with Crippen LogP contribution in [-0.4, -0.2) is 30.9 Å². The summed E-state index contributed by atoms with van der Waals surface area (Å²) in [5, 5.41) is 3.26. The Labute approximate surface area is 126 Å². The largest absolute Gasteiger partial charge is 0.462 e. The van der Waals surface area contributed by atoms with Crippen LogP contribution in [0.3, 0.4) is 0 Å². The summed E-state index contributed by atoms with van der Waals surface area (Å²) in [4.78, 5) is 21.2. The molecule has 0 aromatic heterocycles. The summed E-state index contributed by atoms with van der Waals surface area (Å²) in [6.07, 6.45) is 1.57. The zero-order valence-corrected chi connectivity index (χ0v) is 13.1. The standard InChI is InChI=1S/C12H15NO.C5H10O2/c14-12-6-7-13-9-11(12)8-10-4-2-1-3-5-10;1-5(2,3)7-4-6/h1-5,11,13H,6-9H2;4H,1-3H3. The fourth-order valence-electron chi connectivity index (χ4n) is 2.03. The summed E-state index contributed by atoms with van der Waals surface area (Å²) in [5.74, 6) is 0.596. The number of carbonyl (C=O) groups excluding carboxylic acids is 2. The van der Waals surface area contributed by atoms with Gasteiger partial charge in [0.2, 0.25) is 0 Å². The van der Waals surface area contributed by atoms with E-state index in [0.717, 1.165) is 19.5 Å². The summed E-state index contributed by atoms with van der Waals surface area (Å²) < 4.78 is 4.55. The first kappa shape index (κ1) is 17.4. The molecule has 1 N–H and O–H groups in total. The fraction of sp³-hybridized carbons (Fsp3) is 0.529. The molecule has 0 aliphatic carbocycles. The first-order valence-corrected chi connectivity index (χ1v) is 7.31. The molecule has 1 heterocycles. The molecule has 0 spiro atoms. The third kappa shape index (κ3) is 7.61. The maximum absolute atomic E-state index is 11.6. The summed E-state index contributed by atoms with van der Waals surface area (Å²) in [6.45, 7) is 7.61. The number of ketones is 1. The molecule has 21 heavy (non-hydrogen) atoms. The summed E-state index contributed by atoms with van der Waals surface area (Å²) in [6, 6.07) is 10.2. The molecule has 2 rings (SSSR count). The van der Waals surface area contributed by atoms with Gasteiger partial charge in [0.15, 0.2) is 0 Å². The molecule has 1 atom stereocenters. The highest BCUT2D eigenvalue weighted by atomic mass is 16.5. The minimum absolute atomic E-state index is 0.186. The predicted molar refractivity (Wildman–Crippen MR) is 83.0 cm³/mol. The van der Waals surface area contributed by atoms with Crippen molar-refractivity contribution in [2.75, 3.05) is 13.1 Å². The maximum atomic E-state index is 11.6. The van der Waals surface area contributed by atoms with Gasteiger partial charge >= 0.3 is 0 Å². The highest BCUT2D eigenvalue weighted by Crippen LogP contribution is 2.13. The predicted octanol–water partition coefficient (Wildman–Crippen LogP) is 2.37. The zero-order chi connectivity index (χ0) is 15.7. The molecule has 4 heteroatoms. The normalized spacial score (nSPS) is 18.4. The second-order valence-electron chi connectivity index (χ2n) is 6.13. The monoisotopic (exact) mass is 291 g/mol. The number of hydrogen-bond acceptors (Lipinski definition) is 4. The van der Waals surface area contributed by atoms with Crippen molar-refractivity contribution < 1.29 is 14.3 Å². The van der Waals surface area contributed by atoms with Crippen molar-refractivity contribution in [3.63, 3.8) is 0 Å². The van der Waals surface area contributed by atoms with E-state index in [1.54, 1.807) is 0 Å². The van der Waals surface area contributed by atoms with E-state index in [1.165, 1.54) is 5.56 Å². The van der Waals surface area contributed by atoms with E-state index in [1.807, 2.05) is 39.0 Å². The second kappa shape index (κ2) is 8.57. The third-order valence-corrected chi connectivity index (χ3v) is 3.12. The Balaban J connectivity index is 0.000000270. The minimum Gasteiger partial charge on any atom is -0.462 e. The summed E-state index contributed by atoms with van der Waals surface area (Å²) in [7, 11) is 0. The van der Waals surface area contributed by atoms with Crippen LogP contribution in [0.4, 0.5) is 0 Å². The number of ether oxygens (including phenoxy) is 1. The number of rotatable bonds is 3. The van der Waals surface area contributed by atoms with Crippen molar-refractivity contribution in [1.29, 1.82) is 0 Å². The molecule has 4 nitrogen and oxygen atoms in total. The van der Waals surface area contributed by atoms with E-state index in [-0.39, 0.29) is 11.5 Å². The maximum Gasteiger partial charge on any atom is 0.293 e. The van der Waals surface area contributed by atoms with Crippen LogP contribution in [0.1, 0.15) is 32.8 Å². The van der Waals surface area contributed by atoms with Crippen molar-refractivity contribution in [3.05, 3.63) is 35.9 Å². The van der Waals surface area contributed by atoms with E-state index in [2.05, 4.69) is 22.2 Å².